The minimum atomic E-state index is -0.406. The molecule has 4 heteroatoms. The molecule has 0 amide bonds. The van der Waals surface area contributed by atoms with E-state index in [0.29, 0.717) is 12.2 Å². The molecule has 0 radical (unpaired) electrons. The summed E-state index contributed by atoms with van der Waals surface area (Å²) >= 11 is 0. The average molecular weight is 217 g/mol. The Hall–Kier alpha value is -2.10. The Bertz CT molecular complexity index is 542. The number of aromatic nitrogens is 1. The van der Waals surface area contributed by atoms with Gasteiger partial charge in [-0.05, 0) is 31.2 Å². The fraction of sp³-hybridized carbons (Fsp3) is 0.167. The van der Waals surface area contributed by atoms with E-state index >= 15 is 0 Å². The van der Waals surface area contributed by atoms with Crippen LogP contribution in [0.5, 0.6) is 0 Å². The molecule has 0 saturated carbocycles. The van der Waals surface area contributed by atoms with E-state index < -0.39 is 6.09 Å². The summed E-state index contributed by atoms with van der Waals surface area (Å²) in [5.41, 5.74) is 1.33. The van der Waals surface area contributed by atoms with E-state index in [-0.39, 0.29) is 0 Å². The van der Waals surface area contributed by atoms with Crippen LogP contribution >= 0.6 is 0 Å². The highest BCUT2D eigenvalue weighted by Crippen LogP contribution is 2.17. The highest BCUT2D eigenvalue weighted by atomic mass is 16.5. The molecule has 0 fully saturated rings. The Morgan fingerprint density at radius 2 is 2.25 bits per heavy atom. The lowest BCUT2D eigenvalue weighted by Gasteiger charge is -2.03. The van der Waals surface area contributed by atoms with Gasteiger partial charge in [-0.2, -0.15) is 0 Å². The zero-order valence-corrected chi connectivity index (χ0v) is 8.84. The maximum atomic E-state index is 11.5. The number of rotatable bonds is 2. The molecule has 16 heavy (non-hydrogen) atoms. The van der Waals surface area contributed by atoms with Crippen LogP contribution < -0.4 is 0 Å². The van der Waals surface area contributed by atoms with Crippen molar-refractivity contribution in [3.05, 3.63) is 36.0 Å². The van der Waals surface area contributed by atoms with Gasteiger partial charge in [-0.1, -0.05) is 0 Å². The van der Waals surface area contributed by atoms with Gasteiger partial charge in [-0.3, -0.25) is 9.36 Å². The molecule has 2 aromatic rings. The standard InChI is InChI=1S/C12H11NO3/c1-2-16-12(15)13-6-5-10-7-9(8-14)3-4-11(10)13/h3-8H,2H2,1H3. The zero-order chi connectivity index (χ0) is 11.5. The van der Waals surface area contributed by atoms with E-state index in [0.717, 1.165) is 17.2 Å². The molecule has 0 aliphatic rings. The minimum absolute atomic E-state index is 0.338. The van der Waals surface area contributed by atoms with Crippen LogP contribution in [-0.4, -0.2) is 23.6 Å². The van der Waals surface area contributed by atoms with Gasteiger partial charge in [0.2, 0.25) is 0 Å². The van der Waals surface area contributed by atoms with Crippen LogP contribution in [0.2, 0.25) is 0 Å². The van der Waals surface area contributed by atoms with Crippen LogP contribution in [0, 0.1) is 0 Å². The van der Waals surface area contributed by atoms with Crippen molar-refractivity contribution in [1.82, 2.24) is 4.57 Å². The summed E-state index contributed by atoms with van der Waals surface area (Å²) in [6.07, 6.45) is 2.01. The summed E-state index contributed by atoms with van der Waals surface area (Å²) < 4.78 is 6.33. The molecule has 0 aliphatic carbocycles. The van der Waals surface area contributed by atoms with Gasteiger partial charge in [0.1, 0.15) is 6.29 Å². The molecule has 0 aliphatic heterocycles. The largest absolute Gasteiger partial charge is 0.449 e. The number of ether oxygens (including phenoxy) is 1. The van der Waals surface area contributed by atoms with E-state index in [4.69, 9.17) is 4.74 Å². The van der Waals surface area contributed by atoms with E-state index in [9.17, 15) is 9.59 Å². The second-order valence-electron chi connectivity index (χ2n) is 3.32. The highest BCUT2D eigenvalue weighted by Gasteiger charge is 2.09. The molecular formula is C12H11NO3. The highest BCUT2D eigenvalue weighted by molar-refractivity contribution is 5.92. The minimum Gasteiger partial charge on any atom is -0.449 e. The van der Waals surface area contributed by atoms with E-state index in [1.165, 1.54) is 4.57 Å². The van der Waals surface area contributed by atoms with Crippen LogP contribution in [0.25, 0.3) is 10.9 Å². The molecule has 0 atom stereocenters. The molecule has 0 spiro atoms. The smallest absolute Gasteiger partial charge is 0.418 e. The van der Waals surface area contributed by atoms with E-state index in [1.807, 2.05) is 0 Å². The molecule has 0 bridgehead atoms. The number of nitrogens with zero attached hydrogens (tertiary/aromatic N) is 1. The predicted molar refractivity (Wildman–Crippen MR) is 59.7 cm³/mol. The third-order valence-electron chi connectivity index (χ3n) is 2.31. The molecule has 1 aromatic heterocycles. The Labute approximate surface area is 92.4 Å². The lowest BCUT2D eigenvalue weighted by Crippen LogP contribution is -2.11. The number of carbonyl (C=O) groups is 2. The summed E-state index contributed by atoms with van der Waals surface area (Å²) in [5.74, 6) is 0. The average Bonchev–Trinajstić information content (AvgIpc) is 2.71. The van der Waals surface area contributed by atoms with Crippen molar-refractivity contribution < 1.29 is 14.3 Å². The number of hydrogen-bond donors (Lipinski definition) is 0. The first kappa shape index (κ1) is 10.4. The molecule has 82 valence electrons. The topological polar surface area (TPSA) is 48.3 Å². The van der Waals surface area contributed by atoms with Crippen molar-refractivity contribution >= 4 is 23.3 Å². The van der Waals surface area contributed by atoms with Gasteiger partial charge >= 0.3 is 6.09 Å². The number of fused-ring (bicyclic) bond motifs is 1. The second kappa shape index (κ2) is 4.18. The van der Waals surface area contributed by atoms with Gasteiger partial charge in [-0.25, -0.2) is 4.79 Å². The van der Waals surface area contributed by atoms with Crippen molar-refractivity contribution in [3.63, 3.8) is 0 Å². The maximum absolute atomic E-state index is 11.5. The first-order valence-corrected chi connectivity index (χ1v) is 4.99. The third kappa shape index (κ3) is 1.69. The summed E-state index contributed by atoms with van der Waals surface area (Å²) in [7, 11) is 0. The monoisotopic (exact) mass is 217 g/mol. The number of hydrogen-bond acceptors (Lipinski definition) is 3. The van der Waals surface area contributed by atoms with Crippen LogP contribution in [0.3, 0.4) is 0 Å². The van der Waals surface area contributed by atoms with Crippen LogP contribution in [0.1, 0.15) is 17.3 Å². The lowest BCUT2D eigenvalue weighted by molar-refractivity contribution is 0.112. The van der Waals surface area contributed by atoms with Crippen molar-refractivity contribution in [3.8, 4) is 0 Å². The molecule has 4 nitrogen and oxygen atoms in total. The molecule has 0 unspecified atom stereocenters. The molecule has 2 rings (SSSR count). The van der Waals surface area contributed by atoms with Gasteiger partial charge in [0, 0.05) is 17.1 Å². The molecule has 1 heterocycles. The summed E-state index contributed by atoms with van der Waals surface area (Å²) in [5, 5.41) is 0.845. The van der Waals surface area contributed by atoms with Crippen molar-refractivity contribution in [2.24, 2.45) is 0 Å². The Kier molecular flexibility index (Phi) is 2.72. The van der Waals surface area contributed by atoms with Gasteiger partial charge in [-0.15, -0.1) is 0 Å². The van der Waals surface area contributed by atoms with Gasteiger partial charge in [0.15, 0.2) is 0 Å². The maximum Gasteiger partial charge on any atom is 0.418 e. The second-order valence-corrected chi connectivity index (χ2v) is 3.32. The lowest BCUT2D eigenvalue weighted by atomic mass is 10.2. The normalized spacial score (nSPS) is 10.3. The summed E-state index contributed by atoms with van der Waals surface area (Å²) in [6, 6.07) is 6.92. The summed E-state index contributed by atoms with van der Waals surface area (Å²) in [6.45, 7) is 2.10. The first-order chi connectivity index (χ1) is 7.76. The van der Waals surface area contributed by atoms with Crippen molar-refractivity contribution in [1.29, 1.82) is 0 Å². The first-order valence-electron chi connectivity index (χ1n) is 4.99. The zero-order valence-electron chi connectivity index (χ0n) is 8.84. The fourth-order valence-electron chi connectivity index (χ4n) is 1.59. The quantitative estimate of drug-likeness (QED) is 0.726. The molecular weight excluding hydrogens is 206 g/mol. The molecule has 0 N–H and O–H groups in total. The number of carbonyl (C=O) groups excluding carboxylic acids is 2. The fourth-order valence-corrected chi connectivity index (χ4v) is 1.59. The van der Waals surface area contributed by atoms with Crippen LogP contribution in [0.4, 0.5) is 4.79 Å². The van der Waals surface area contributed by atoms with Gasteiger partial charge < -0.3 is 4.74 Å². The predicted octanol–water partition coefficient (Wildman–Crippen LogP) is 2.46. The van der Waals surface area contributed by atoms with Crippen molar-refractivity contribution in [2.45, 2.75) is 6.92 Å². The van der Waals surface area contributed by atoms with E-state index in [2.05, 4.69) is 0 Å². The number of benzene rings is 1. The van der Waals surface area contributed by atoms with Gasteiger partial charge in [0.05, 0.1) is 12.1 Å². The Balaban J connectivity index is 2.49. The van der Waals surface area contributed by atoms with Gasteiger partial charge in [0.25, 0.3) is 0 Å². The number of aldehydes is 1. The van der Waals surface area contributed by atoms with Crippen LogP contribution in [-0.2, 0) is 4.74 Å². The Morgan fingerprint density at radius 3 is 2.94 bits per heavy atom. The van der Waals surface area contributed by atoms with Crippen molar-refractivity contribution in [2.75, 3.05) is 6.61 Å². The van der Waals surface area contributed by atoms with E-state index in [1.54, 1.807) is 37.4 Å². The Morgan fingerprint density at radius 1 is 1.44 bits per heavy atom. The SMILES string of the molecule is CCOC(=O)n1ccc2cc(C=O)ccc21. The summed E-state index contributed by atoms with van der Waals surface area (Å²) in [4.78, 5) is 22.1. The van der Waals surface area contributed by atoms with Crippen LogP contribution in [0.15, 0.2) is 30.5 Å². The molecule has 0 saturated heterocycles. The molecule has 1 aromatic carbocycles. The third-order valence-corrected chi connectivity index (χ3v) is 2.31.